The second-order valence-electron chi connectivity index (χ2n) is 5.33. The van der Waals surface area contributed by atoms with E-state index in [0.29, 0.717) is 6.04 Å². The Morgan fingerprint density at radius 1 is 1.38 bits per heavy atom. The molecule has 0 radical (unpaired) electrons. The van der Waals surface area contributed by atoms with Crippen LogP contribution in [-0.4, -0.2) is 50.3 Å². The van der Waals surface area contributed by atoms with Gasteiger partial charge in [-0.2, -0.15) is 0 Å². The Hall–Kier alpha value is -0.120. The summed E-state index contributed by atoms with van der Waals surface area (Å²) in [5.74, 6) is 0.903. The molecular weight excluding hydrogens is 200 g/mol. The van der Waals surface area contributed by atoms with Gasteiger partial charge in [0.15, 0.2) is 0 Å². The van der Waals surface area contributed by atoms with E-state index < -0.39 is 0 Å². The van der Waals surface area contributed by atoms with Crippen molar-refractivity contribution < 1.29 is 4.74 Å². The molecular formula is C13H26N2O. The Morgan fingerprint density at radius 3 is 3.00 bits per heavy atom. The van der Waals surface area contributed by atoms with Crippen LogP contribution in [0.3, 0.4) is 0 Å². The summed E-state index contributed by atoms with van der Waals surface area (Å²) in [6.07, 6.45) is 5.56. The molecule has 0 aromatic carbocycles. The van der Waals surface area contributed by atoms with Crippen molar-refractivity contribution in [2.45, 2.75) is 44.7 Å². The van der Waals surface area contributed by atoms with E-state index >= 15 is 0 Å². The zero-order chi connectivity index (χ0) is 11.4. The van der Waals surface area contributed by atoms with Gasteiger partial charge in [0.25, 0.3) is 0 Å². The Balaban J connectivity index is 1.73. The third-order valence-electron chi connectivity index (χ3n) is 4.32. The van der Waals surface area contributed by atoms with Gasteiger partial charge in [0, 0.05) is 18.6 Å². The highest BCUT2D eigenvalue weighted by Gasteiger charge is 2.27. The molecule has 1 heterocycles. The van der Waals surface area contributed by atoms with Gasteiger partial charge in [-0.15, -0.1) is 0 Å². The number of ether oxygens (including phenoxy) is 1. The molecule has 1 N–H and O–H groups in total. The lowest BCUT2D eigenvalue weighted by molar-refractivity contribution is -0.00280. The molecule has 1 aliphatic heterocycles. The highest BCUT2D eigenvalue weighted by atomic mass is 16.5. The van der Waals surface area contributed by atoms with Crippen molar-refractivity contribution in [3.8, 4) is 0 Å². The first-order valence-electron chi connectivity index (χ1n) is 6.80. The highest BCUT2D eigenvalue weighted by Crippen LogP contribution is 2.28. The molecule has 0 bridgehead atoms. The van der Waals surface area contributed by atoms with Gasteiger partial charge in [-0.1, -0.05) is 6.42 Å². The summed E-state index contributed by atoms with van der Waals surface area (Å²) >= 11 is 0. The number of nitrogens with zero attached hydrogens (tertiary/aromatic N) is 1. The molecule has 3 unspecified atom stereocenters. The number of rotatable bonds is 4. The summed E-state index contributed by atoms with van der Waals surface area (Å²) in [5.41, 5.74) is 0. The van der Waals surface area contributed by atoms with E-state index in [-0.39, 0.29) is 0 Å². The van der Waals surface area contributed by atoms with Crippen LogP contribution in [0.2, 0.25) is 0 Å². The minimum Gasteiger partial charge on any atom is -0.379 e. The Bertz CT molecular complexity index is 208. The van der Waals surface area contributed by atoms with Gasteiger partial charge < -0.3 is 10.1 Å². The third kappa shape index (κ3) is 2.96. The van der Waals surface area contributed by atoms with Crippen molar-refractivity contribution in [1.29, 1.82) is 0 Å². The largest absolute Gasteiger partial charge is 0.379 e. The van der Waals surface area contributed by atoms with Crippen LogP contribution in [0.1, 0.15) is 32.6 Å². The van der Waals surface area contributed by atoms with Gasteiger partial charge in [0.1, 0.15) is 0 Å². The Kier molecular flexibility index (Phi) is 4.62. The topological polar surface area (TPSA) is 24.5 Å². The van der Waals surface area contributed by atoms with Gasteiger partial charge in [-0.25, -0.2) is 0 Å². The summed E-state index contributed by atoms with van der Waals surface area (Å²) in [6.45, 7) is 6.50. The average Bonchev–Trinajstić information content (AvgIpc) is 2.75. The maximum Gasteiger partial charge on any atom is 0.0619 e. The van der Waals surface area contributed by atoms with E-state index in [0.717, 1.165) is 31.7 Å². The van der Waals surface area contributed by atoms with Crippen LogP contribution < -0.4 is 5.32 Å². The fraction of sp³-hybridized carbons (Fsp3) is 1.00. The van der Waals surface area contributed by atoms with E-state index in [4.69, 9.17) is 4.74 Å². The smallest absolute Gasteiger partial charge is 0.0619 e. The molecule has 2 fully saturated rings. The van der Waals surface area contributed by atoms with E-state index in [2.05, 4.69) is 24.2 Å². The molecule has 3 atom stereocenters. The van der Waals surface area contributed by atoms with Gasteiger partial charge in [0.05, 0.1) is 13.2 Å². The van der Waals surface area contributed by atoms with Crippen LogP contribution in [-0.2, 0) is 4.74 Å². The molecule has 2 rings (SSSR count). The van der Waals surface area contributed by atoms with Crippen LogP contribution in [0.5, 0.6) is 0 Å². The van der Waals surface area contributed by atoms with E-state index in [9.17, 15) is 0 Å². The Morgan fingerprint density at radius 2 is 2.25 bits per heavy atom. The highest BCUT2D eigenvalue weighted by molar-refractivity contribution is 4.83. The summed E-state index contributed by atoms with van der Waals surface area (Å²) in [6, 6.07) is 1.39. The fourth-order valence-corrected chi connectivity index (χ4v) is 3.19. The van der Waals surface area contributed by atoms with Crippen molar-refractivity contribution in [3.05, 3.63) is 0 Å². The standard InChI is InChI=1S/C13H26N2O/c1-11-10-16-9-8-15(11)7-6-12-4-3-5-13(12)14-2/h11-14H,3-10H2,1-2H3. The maximum atomic E-state index is 5.47. The maximum absolute atomic E-state index is 5.47. The minimum absolute atomic E-state index is 0.614. The number of morpholine rings is 1. The lowest BCUT2D eigenvalue weighted by atomic mass is 9.99. The fourth-order valence-electron chi connectivity index (χ4n) is 3.19. The summed E-state index contributed by atoms with van der Waals surface area (Å²) in [5, 5.41) is 3.47. The van der Waals surface area contributed by atoms with Crippen molar-refractivity contribution in [2.24, 2.45) is 5.92 Å². The van der Waals surface area contributed by atoms with Crippen molar-refractivity contribution in [3.63, 3.8) is 0 Å². The molecule has 1 saturated heterocycles. The lowest BCUT2D eigenvalue weighted by Crippen LogP contribution is -2.45. The van der Waals surface area contributed by atoms with E-state index in [1.807, 2.05) is 0 Å². The first kappa shape index (κ1) is 12.3. The number of hydrogen-bond acceptors (Lipinski definition) is 3. The lowest BCUT2D eigenvalue weighted by Gasteiger charge is -2.34. The minimum atomic E-state index is 0.614. The third-order valence-corrected chi connectivity index (χ3v) is 4.32. The molecule has 0 spiro atoms. The van der Waals surface area contributed by atoms with Crippen LogP contribution in [0.15, 0.2) is 0 Å². The molecule has 1 saturated carbocycles. The van der Waals surface area contributed by atoms with Gasteiger partial charge in [-0.3, -0.25) is 4.90 Å². The summed E-state index contributed by atoms with van der Waals surface area (Å²) in [4.78, 5) is 2.59. The second kappa shape index (κ2) is 5.99. The van der Waals surface area contributed by atoms with Crippen LogP contribution in [0.25, 0.3) is 0 Å². The normalized spacial score (nSPS) is 36.8. The SMILES string of the molecule is CNC1CCCC1CCN1CCOCC1C. The zero-order valence-corrected chi connectivity index (χ0v) is 10.7. The summed E-state index contributed by atoms with van der Waals surface area (Å²) < 4.78 is 5.47. The molecule has 0 aromatic heterocycles. The predicted molar refractivity (Wildman–Crippen MR) is 66.7 cm³/mol. The first-order chi connectivity index (χ1) is 7.81. The van der Waals surface area contributed by atoms with Crippen LogP contribution >= 0.6 is 0 Å². The number of nitrogens with one attached hydrogen (secondary N) is 1. The molecule has 2 aliphatic rings. The molecule has 1 aliphatic carbocycles. The summed E-state index contributed by atoms with van der Waals surface area (Å²) in [7, 11) is 2.11. The van der Waals surface area contributed by atoms with E-state index in [1.54, 1.807) is 0 Å². The molecule has 94 valence electrons. The molecule has 3 heteroatoms. The quantitative estimate of drug-likeness (QED) is 0.786. The van der Waals surface area contributed by atoms with Gasteiger partial charge in [-0.05, 0) is 45.7 Å². The van der Waals surface area contributed by atoms with E-state index in [1.165, 1.54) is 32.2 Å². The van der Waals surface area contributed by atoms with Crippen LogP contribution in [0, 0.1) is 5.92 Å². The molecule has 16 heavy (non-hydrogen) atoms. The average molecular weight is 226 g/mol. The monoisotopic (exact) mass is 226 g/mol. The van der Waals surface area contributed by atoms with Crippen molar-refractivity contribution >= 4 is 0 Å². The van der Waals surface area contributed by atoms with Crippen LogP contribution in [0.4, 0.5) is 0 Å². The first-order valence-corrected chi connectivity index (χ1v) is 6.80. The number of hydrogen-bond donors (Lipinski definition) is 1. The molecule has 0 aromatic rings. The van der Waals surface area contributed by atoms with Gasteiger partial charge >= 0.3 is 0 Å². The van der Waals surface area contributed by atoms with Gasteiger partial charge in [0.2, 0.25) is 0 Å². The predicted octanol–water partition coefficient (Wildman–Crippen LogP) is 1.49. The zero-order valence-electron chi connectivity index (χ0n) is 10.7. The second-order valence-corrected chi connectivity index (χ2v) is 5.33. The molecule has 0 amide bonds. The molecule has 3 nitrogen and oxygen atoms in total. The van der Waals surface area contributed by atoms with Crippen molar-refractivity contribution in [1.82, 2.24) is 10.2 Å². The Labute approximate surface area is 99.5 Å². The van der Waals surface area contributed by atoms with Crippen molar-refractivity contribution in [2.75, 3.05) is 33.4 Å².